The van der Waals surface area contributed by atoms with E-state index in [1.807, 2.05) is 0 Å². The van der Waals surface area contributed by atoms with Crippen molar-refractivity contribution in [3.8, 4) is 0 Å². The summed E-state index contributed by atoms with van der Waals surface area (Å²) in [6.45, 7) is 1.82. The van der Waals surface area contributed by atoms with Crippen molar-refractivity contribution in [2.45, 2.75) is 13.3 Å². The minimum Gasteiger partial charge on any atom is -0.507 e. The summed E-state index contributed by atoms with van der Waals surface area (Å²) < 4.78 is 4.83. The van der Waals surface area contributed by atoms with E-state index in [9.17, 15) is 14.7 Å². The van der Waals surface area contributed by atoms with Crippen molar-refractivity contribution in [1.29, 1.82) is 0 Å². The lowest BCUT2D eigenvalue weighted by Gasteiger charge is -2.08. The quantitative estimate of drug-likeness (QED) is 0.817. The van der Waals surface area contributed by atoms with Crippen LogP contribution in [-0.4, -0.2) is 23.6 Å². The van der Waals surface area contributed by atoms with Gasteiger partial charge in [0.1, 0.15) is 5.76 Å². The van der Waals surface area contributed by atoms with Crippen molar-refractivity contribution in [2.24, 2.45) is 0 Å². The van der Waals surface area contributed by atoms with Crippen molar-refractivity contribution >= 4 is 34.9 Å². The lowest BCUT2D eigenvalue weighted by molar-refractivity contribution is -0.139. The number of anilines is 1. The average molecular weight is 282 g/mol. The number of aliphatic hydroxyl groups is 1. The number of fused-ring (bicyclic) bond motifs is 1. The molecule has 1 heterocycles. The van der Waals surface area contributed by atoms with Gasteiger partial charge in [0.2, 0.25) is 5.91 Å². The summed E-state index contributed by atoms with van der Waals surface area (Å²) in [5.74, 6) is -1.38. The second-order valence-electron chi connectivity index (χ2n) is 3.96. The highest BCUT2D eigenvalue weighted by Crippen LogP contribution is 2.32. The molecule has 100 valence electrons. The van der Waals surface area contributed by atoms with Gasteiger partial charge < -0.3 is 15.2 Å². The molecule has 6 heteroatoms. The Bertz CT molecular complexity index is 580. The monoisotopic (exact) mass is 281 g/mol. The smallest absolute Gasteiger partial charge is 0.338 e. The summed E-state index contributed by atoms with van der Waals surface area (Å²) in [6.07, 6.45) is -0.239. The van der Waals surface area contributed by atoms with Gasteiger partial charge in [0, 0.05) is 10.6 Å². The standard InChI is InChI=1S/C13H12ClNO4/c1-2-19-13(18)9-6-11(16)15-10-4-3-7(14)5-8(10)12(9)17/h3-5,17H,2,6H2,1H3,(H,15,16). The van der Waals surface area contributed by atoms with Crippen LogP contribution in [0.5, 0.6) is 0 Å². The molecular formula is C13H12ClNO4. The average Bonchev–Trinajstić information content (AvgIpc) is 2.48. The molecule has 0 saturated heterocycles. The second-order valence-corrected chi connectivity index (χ2v) is 4.40. The van der Waals surface area contributed by atoms with Crippen LogP contribution in [0.3, 0.4) is 0 Å². The largest absolute Gasteiger partial charge is 0.507 e. The van der Waals surface area contributed by atoms with Gasteiger partial charge in [-0.2, -0.15) is 0 Å². The SMILES string of the molecule is CCOC(=O)C1=C(O)c2cc(Cl)ccc2NC(=O)C1. The third kappa shape index (κ3) is 2.71. The van der Waals surface area contributed by atoms with Crippen LogP contribution in [0.2, 0.25) is 5.02 Å². The van der Waals surface area contributed by atoms with Crippen LogP contribution in [-0.2, 0) is 14.3 Å². The van der Waals surface area contributed by atoms with Gasteiger partial charge in [0.15, 0.2) is 0 Å². The zero-order valence-electron chi connectivity index (χ0n) is 10.2. The maximum atomic E-state index is 11.7. The number of aliphatic hydroxyl groups excluding tert-OH is 1. The summed E-state index contributed by atoms with van der Waals surface area (Å²) in [5.41, 5.74) is 0.646. The fraction of sp³-hybridized carbons (Fsp3) is 0.231. The first-order valence-corrected chi connectivity index (χ1v) is 6.09. The number of hydrogen-bond donors (Lipinski definition) is 2. The molecule has 0 atom stereocenters. The highest BCUT2D eigenvalue weighted by atomic mass is 35.5. The van der Waals surface area contributed by atoms with Crippen molar-refractivity contribution in [1.82, 2.24) is 0 Å². The molecule has 1 amide bonds. The van der Waals surface area contributed by atoms with Crippen LogP contribution in [0.4, 0.5) is 5.69 Å². The topological polar surface area (TPSA) is 75.6 Å². The van der Waals surface area contributed by atoms with Gasteiger partial charge in [-0.1, -0.05) is 11.6 Å². The van der Waals surface area contributed by atoms with Crippen LogP contribution in [0.25, 0.3) is 5.76 Å². The Morgan fingerprint density at radius 3 is 2.95 bits per heavy atom. The van der Waals surface area contributed by atoms with E-state index in [1.54, 1.807) is 19.1 Å². The molecule has 19 heavy (non-hydrogen) atoms. The molecular weight excluding hydrogens is 270 g/mol. The normalized spacial score (nSPS) is 14.5. The molecule has 2 rings (SSSR count). The first kappa shape index (κ1) is 13.4. The number of halogens is 1. The number of esters is 1. The third-order valence-electron chi connectivity index (χ3n) is 2.66. The van der Waals surface area contributed by atoms with Crippen molar-refractivity contribution in [2.75, 3.05) is 11.9 Å². The van der Waals surface area contributed by atoms with E-state index in [0.717, 1.165) is 0 Å². The number of nitrogens with one attached hydrogen (secondary N) is 1. The van der Waals surface area contributed by atoms with Gasteiger partial charge in [-0.15, -0.1) is 0 Å². The van der Waals surface area contributed by atoms with Crippen LogP contribution >= 0.6 is 11.6 Å². The number of rotatable bonds is 2. The molecule has 0 aromatic heterocycles. The van der Waals surface area contributed by atoms with E-state index in [4.69, 9.17) is 16.3 Å². The zero-order chi connectivity index (χ0) is 14.0. The summed E-state index contributed by atoms with van der Waals surface area (Å²) in [7, 11) is 0. The molecule has 1 aromatic rings. The Morgan fingerprint density at radius 1 is 1.53 bits per heavy atom. The molecule has 0 spiro atoms. The summed E-state index contributed by atoms with van der Waals surface area (Å²) in [6, 6.07) is 4.64. The Morgan fingerprint density at radius 2 is 2.26 bits per heavy atom. The molecule has 5 nitrogen and oxygen atoms in total. The minimum atomic E-state index is -0.706. The third-order valence-corrected chi connectivity index (χ3v) is 2.89. The van der Waals surface area contributed by atoms with Gasteiger partial charge in [0.05, 0.1) is 24.3 Å². The van der Waals surface area contributed by atoms with Crippen molar-refractivity contribution < 1.29 is 19.4 Å². The van der Waals surface area contributed by atoms with Crippen molar-refractivity contribution in [3.63, 3.8) is 0 Å². The fourth-order valence-electron chi connectivity index (χ4n) is 1.81. The highest BCUT2D eigenvalue weighted by molar-refractivity contribution is 6.31. The van der Waals surface area contributed by atoms with Gasteiger partial charge >= 0.3 is 5.97 Å². The van der Waals surface area contributed by atoms with E-state index in [-0.39, 0.29) is 24.4 Å². The van der Waals surface area contributed by atoms with Crippen LogP contribution < -0.4 is 5.32 Å². The Kier molecular flexibility index (Phi) is 3.76. The fourth-order valence-corrected chi connectivity index (χ4v) is 1.98. The molecule has 0 unspecified atom stereocenters. The predicted octanol–water partition coefficient (Wildman–Crippen LogP) is 2.51. The molecule has 0 bridgehead atoms. The van der Waals surface area contributed by atoms with E-state index in [1.165, 1.54) is 6.07 Å². The van der Waals surface area contributed by atoms with Gasteiger partial charge in [0.25, 0.3) is 0 Å². The van der Waals surface area contributed by atoms with Crippen LogP contribution in [0.1, 0.15) is 18.9 Å². The van der Waals surface area contributed by atoms with E-state index < -0.39 is 11.9 Å². The number of amides is 1. The number of benzene rings is 1. The maximum Gasteiger partial charge on any atom is 0.338 e. The Hall–Kier alpha value is -2.01. The molecule has 1 aromatic carbocycles. The number of carbonyl (C=O) groups is 2. The molecule has 2 N–H and O–H groups in total. The summed E-state index contributed by atoms with van der Waals surface area (Å²) in [4.78, 5) is 23.4. The second kappa shape index (κ2) is 5.32. The lowest BCUT2D eigenvalue weighted by atomic mass is 10.1. The highest BCUT2D eigenvalue weighted by Gasteiger charge is 2.26. The van der Waals surface area contributed by atoms with Crippen LogP contribution in [0.15, 0.2) is 23.8 Å². The summed E-state index contributed by atoms with van der Waals surface area (Å²) in [5, 5.41) is 13.2. The van der Waals surface area contributed by atoms with E-state index in [2.05, 4.69) is 5.32 Å². The van der Waals surface area contributed by atoms with Gasteiger partial charge in [-0.25, -0.2) is 4.79 Å². The van der Waals surface area contributed by atoms with Gasteiger partial charge in [-0.3, -0.25) is 4.79 Å². The molecule has 0 radical (unpaired) electrons. The molecule has 1 aliphatic rings. The number of carbonyl (C=O) groups excluding carboxylic acids is 2. The summed E-state index contributed by atoms with van der Waals surface area (Å²) >= 11 is 5.86. The predicted molar refractivity (Wildman–Crippen MR) is 70.9 cm³/mol. The van der Waals surface area contributed by atoms with Gasteiger partial charge in [-0.05, 0) is 25.1 Å². The molecule has 1 aliphatic heterocycles. The van der Waals surface area contributed by atoms with Crippen LogP contribution in [0, 0.1) is 0 Å². The Labute approximate surface area is 114 Å². The molecule has 0 fully saturated rings. The number of ether oxygens (including phenoxy) is 1. The Balaban J connectivity index is 2.55. The zero-order valence-corrected chi connectivity index (χ0v) is 11.0. The van der Waals surface area contributed by atoms with E-state index in [0.29, 0.717) is 16.3 Å². The van der Waals surface area contributed by atoms with Crippen molar-refractivity contribution in [3.05, 3.63) is 34.4 Å². The molecule has 0 saturated carbocycles. The number of hydrogen-bond acceptors (Lipinski definition) is 4. The lowest BCUT2D eigenvalue weighted by Crippen LogP contribution is -2.15. The molecule has 0 aliphatic carbocycles. The van der Waals surface area contributed by atoms with E-state index >= 15 is 0 Å². The first-order valence-electron chi connectivity index (χ1n) is 5.72. The first-order chi connectivity index (χ1) is 9.02. The minimum absolute atomic E-state index is 0.0691. The maximum absolute atomic E-state index is 11.7.